The van der Waals surface area contributed by atoms with Crippen LogP contribution in [0.2, 0.25) is 0 Å². The number of carbonyl (C=O) groups is 2. The Bertz CT molecular complexity index is 980. The van der Waals surface area contributed by atoms with Crippen molar-refractivity contribution in [2.45, 2.75) is 75.1 Å². The highest BCUT2D eigenvalue weighted by atomic mass is 16.7. The monoisotopic (exact) mass is 545 g/mol. The Hall–Kier alpha value is -2.96. The van der Waals surface area contributed by atoms with Gasteiger partial charge >= 0.3 is 0 Å². The highest BCUT2D eigenvalue weighted by Gasteiger charge is 2.52. The van der Waals surface area contributed by atoms with Gasteiger partial charge in [0.2, 0.25) is 18.1 Å². The van der Waals surface area contributed by atoms with Crippen LogP contribution in [-0.4, -0.2) is 117 Å². The van der Waals surface area contributed by atoms with Crippen LogP contribution < -0.4 is 15.4 Å². The molecule has 0 aliphatic carbocycles. The number of amides is 2. The number of nitro benzene ring substituents is 1. The third-order valence-electron chi connectivity index (χ3n) is 6.06. The third-order valence-corrected chi connectivity index (χ3v) is 6.06. The van der Waals surface area contributed by atoms with Crippen molar-refractivity contribution in [2.75, 3.05) is 13.2 Å². The molecule has 0 bridgehead atoms. The molecule has 0 spiro atoms. The summed E-state index contributed by atoms with van der Waals surface area (Å²) in [5.41, 5.74) is -0.197. The van der Waals surface area contributed by atoms with Crippen LogP contribution in [0.25, 0.3) is 0 Å². The van der Waals surface area contributed by atoms with E-state index in [1.807, 2.05) is 0 Å². The molecule has 1 aromatic carbocycles. The molecule has 0 aromatic heterocycles. The molecule has 0 radical (unpaired) electrons. The summed E-state index contributed by atoms with van der Waals surface area (Å²) < 4.78 is 22.8. The lowest BCUT2D eigenvalue weighted by Crippen LogP contribution is -2.69. The van der Waals surface area contributed by atoms with Gasteiger partial charge in [0.1, 0.15) is 54.5 Å². The van der Waals surface area contributed by atoms with E-state index >= 15 is 0 Å². The van der Waals surface area contributed by atoms with E-state index in [2.05, 4.69) is 10.6 Å². The van der Waals surface area contributed by atoms with Crippen LogP contribution in [0.3, 0.4) is 0 Å². The van der Waals surface area contributed by atoms with Gasteiger partial charge in [-0.25, -0.2) is 0 Å². The minimum Gasteiger partial charge on any atom is -0.463 e. The van der Waals surface area contributed by atoms with Crippen molar-refractivity contribution in [1.82, 2.24) is 10.6 Å². The van der Waals surface area contributed by atoms with E-state index in [1.165, 1.54) is 31.2 Å². The lowest BCUT2D eigenvalue weighted by atomic mass is 9.94. The van der Waals surface area contributed by atoms with Gasteiger partial charge in [-0.05, 0) is 12.1 Å². The number of nitro groups is 1. The largest absolute Gasteiger partial charge is 0.463 e. The predicted molar refractivity (Wildman–Crippen MR) is 123 cm³/mol. The molecule has 16 nitrogen and oxygen atoms in total. The normalized spacial score (nSPS) is 35.2. The molecule has 2 saturated heterocycles. The minimum absolute atomic E-state index is 0.100. The fourth-order valence-electron chi connectivity index (χ4n) is 4.25. The molecule has 2 amide bonds. The van der Waals surface area contributed by atoms with E-state index in [-0.39, 0.29) is 11.4 Å². The van der Waals surface area contributed by atoms with E-state index in [4.69, 9.17) is 18.9 Å². The molecule has 2 aliphatic heterocycles. The van der Waals surface area contributed by atoms with E-state index < -0.39 is 91.2 Å². The van der Waals surface area contributed by atoms with E-state index in [0.717, 1.165) is 6.92 Å². The van der Waals surface area contributed by atoms with Gasteiger partial charge in [0.05, 0.1) is 18.1 Å². The first-order valence-corrected chi connectivity index (χ1v) is 11.6. The van der Waals surface area contributed by atoms with Gasteiger partial charge in [0.15, 0.2) is 6.29 Å². The number of aliphatic hydroxyl groups is 5. The lowest BCUT2D eigenvalue weighted by molar-refractivity contribution is -0.384. The molecule has 7 N–H and O–H groups in total. The van der Waals surface area contributed by atoms with Crippen LogP contribution >= 0.6 is 0 Å². The number of hydrogen-bond donors (Lipinski definition) is 7. The second kappa shape index (κ2) is 12.7. The molecular formula is C22H31N3O13. The minimum atomic E-state index is -1.63. The highest BCUT2D eigenvalue weighted by molar-refractivity contribution is 5.73. The van der Waals surface area contributed by atoms with Crippen molar-refractivity contribution in [2.24, 2.45) is 0 Å². The van der Waals surface area contributed by atoms with Crippen LogP contribution in [0.5, 0.6) is 5.75 Å². The Kier molecular flexibility index (Phi) is 9.91. The van der Waals surface area contributed by atoms with E-state index in [0.29, 0.717) is 0 Å². The number of carbonyl (C=O) groups excluding carboxylic acids is 2. The molecule has 1 aromatic rings. The lowest BCUT2D eigenvalue weighted by Gasteiger charge is -2.48. The second-order valence-corrected chi connectivity index (χ2v) is 8.84. The fraction of sp³-hybridized carbons (Fsp3) is 0.636. The number of aliphatic hydroxyl groups excluding tert-OH is 5. The number of non-ortho nitro benzene ring substituents is 1. The summed E-state index contributed by atoms with van der Waals surface area (Å²) in [7, 11) is 0. The zero-order valence-electron chi connectivity index (χ0n) is 20.4. The maximum absolute atomic E-state index is 11.9. The molecule has 38 heavy (non-hydrogen) atoms. The van der Waals surface area contributed by atoms with Crippen LogP contribution in [0.15, 0.2) is 24.3 Å². The number of nitrogens with zero attached hydrogens (tertiary/aromatic N) is 1. The quantitative estimate of drug-likeness (QED) is 0.120. The van der Waals surface area contributed by atoms with E-state index in [1.54, 1.807) is 0 Å². The molecule has 10 atom stereocenters. The van der Waals surface area contributed by atoms with Crippen LogP contribution in [0.4, 0.5) is 5.69 Å². The van der Waals surface area contributed by atoms with Gasteiger partial charge in [-0.1, -0.05) is 0 Å². The number of benzene rings is 1. The first kappa shape index (κ1) is 29.6. The summed E-state index contributed by atoms with van der Waals surface area (Å²) >= 11 is 0. The SMILES string of the molecule is CC(=O)NC1C(O)[C@H](O)C(CO)O[C@H]1O[C@H]1C(CO)O[C@@H](Oc2ccc([N+](=O)[O-])cc2)C(NC(C)=O)C1O. The standard InChI is InChI=1S/C22H31N3O13/c1-9(28)23-15-18(31)17(30)13(7-26)36-22(15)38-20-14(8-27)37-21(16(19(20)32)24-10(2)29)35-12-5-3-11(4-6-12)25(33)34/h3-6,13-22,26-27,30-32H,7-8H2,1-2H3,(H,23,28)(H,24,29)/t13?,14?,15?,16?,17-,18?,19?,20+,21-,22+/m1/s1. The smallest absolute Gasteiger partial charge is 0.269 e. The Labute approximate surface area is 216 Å². The van der Waals surface area contributed by atoms with Crippen molar-refractivity contribution >= 4 is 17.5 Å². The average molecular weight is 545 g/mol. The second-order valence-electron chi connectivity index (χ2n) is 8.84. The van der Waals surface area contributed by atoms with Crippen molar-refractivity contribution < 1.29 is 59.0 Å². The zero-order chi connectivity index (χ0) is 28.1. The van der Waals surface area contributed by atoms with Gasteiger partial charge in [0, 0.05) is 26.0 Å². The van der Waals surface area contributed by atoms with Gasteiger partial charge in [-0.2, -0.15) is 0 Å². The predicted octanol–water partition coefficient (Wildman–Crippen LogP) is -3.11. The summed E-state index contributed by atoms with van der Waals surface area (Å²) in [5, 5.41) is 67.2. The van der Waals surface area contributed by atoms with Gasteiger partial charge in [-0.3, -0.25) is 19.7 Å². The van der Waals surface area contributed by atoms with Gasteiger partial charge in [-0.15, -0.1) is 0 Å². The summed E-state index contributed by atoms with van der Waals surface area (Å²) in [4.78, 5) is 33.9. The number of hydrogen-bond acceptors (Lipinski definition) is 13. The Morgan fingerprint density at radius 3 is 1.92 bits per heavy atom. The fourth-order valence-corrected chi connectivity index (χ4v) is 4.25. The van der Waals surface area contributed by atoms with Crippen LogP contribution in [0.1, 0.15) is 13.8 Å². The van der Waals surface area contributed by atoms with Gasteiger partial charge < -0.3 is 55.1 Å². The third kappa shape index (κ3) is 6.72. The molecule has 2 heterocycles. The molecule has 0 saturated carbocycles. The molecule has 2 fully saturated rings. The zero-order valence-corrected chi connectivity index (χ0v) is 20.4. The Morgan fingerprint density at radius 1 is 0.895 bits per heavy atom. The van der Waals surface area contributed by atoms with Crippen molar-refractivity contribution in [1.29, 1.82) is 0 Å². The van der Waals surface area contributed by atoms with Crippen LogP contribution in [0, 0.1) is 10.1 Å². The Balaban J connectivity index is 1.86. The number of ether oxygens (including phenoxy) is 4. The maximum Gasteiger partial charge on any atom is 0.269 e. The maximum atomic E-state index is 11.9. The molecule has 212 valence electrons. The first-order valence-electron chi connectivity index (χ1n) is 11.6. The van der Waals surface area contributed by atoms with Crippen molar-refractivity contribution in [3.63, 3.8) is 0 Å². The topological polar surface area (TPSA) is 239 Å². The number of nitrogens with one attached hydrogen (secondary N) is 2. The van der Waals surface area contributed by atoms with Crippen molar-refractivity contribution in [3.05, 3.63) is 34.4 Å². The molecule has 16 heteroatoms. The highest BCUT2D eigenvalue weighted by Crippen LogP contribution is 2.31. The van der Waals surface area contributed by atoms with Crippen molar-refractivity contribution in [3.8, 4) is 5.75 Å². The first-order chi connectivity index (χ1) is 18.0. The van der Waals surface area contributed by atoms with E-state index in [9.17, 15) is 45.2 Å². The van der Waals surface area contributed by atoms with Crippen LogP contribution in [-0.2, 0) is 23.8 Å². The Morgan fingerprint density at radius 2 is 1.42 bits per heavy atom. The van der Waals surface area contributed by atoms with Gasteiger partial charge in [0.25, 0.3) is 5.69 Å². The molecule has 3 rings (SSSR count). The summed E-state index contributed by atoms with van der Waals surface area (Å²) in [6.07, 6.45) is -11.8. The summed E-state index contributed by atoms with van der Waals surface area (Å²) in [6.45, 7) is 0.888. The molecule has 2 aliphatic rings. The summed E-state index contributed by atoms with van der Waals surface area (Å²) in [5.74, 6) is -1.09. The molecule has 6 unspecified atom stereocenters. The average Bonchev–Trinajstić information content (AvgIpc) is 2.86. The number of rotatable bonds is 9. The summed E-state index contributed by atoms with van der Waals surface area (Å²) in [6, 6.07) is 2.29. The molecular weight excluding hydrogens is 514 g/mol.